The molecule has 0 fully saturated rings. The molecular formula is C15H9BrF3NO. The minimum absolute atomic E-state index is 0.300. The highest BCUT2D eigenvalue weighted by molar-refractivity contribution is 9.10. The molecule has 2 nitrogen and oxygen atoms in total. The average molecular weight is 356 g/mol. The van der Waals surface area contributed by atoms with E-state index in [0.717, 1.165) is 24.3 Å². The molecule has 0 radical (unpaired) electrons. The van der Waals surface area contributed by atoms with Gasteiger partial charge < -0.3 is 5.32 Å². The second-order valence-electron chi connectivity index (χ2n) is 4.08. The molecule has 0 bridgehead atoms. The normalized spacial score (nSPS) is 10.9. The smallest absolute Gasteiger partial charge is 0.248 e. The summed E-state index contributed by atoms with van der Waals surface area (Å²) >= 11 is 3.10. The SMILES string of the molecule is O=C(/C=C/c1c(F)cccc1F)Nc1ccc(F)cc1Br. The lowest BCUT2D eigenvalue weighted by Crippen LogP contribution is -2.08. The van der Waals surface area contributed by atoms with E-state index < -0.39 is 23.4 Å². The molecule has 0 aliphatic rings. The zero-order valence-corrected chi connectivity index (χ0v) is 12.1. The molecule has 2 rings (SSSR count). The molecule has 0 saturated carbocycles. The summed E-state index contributed by atoms with van der Waals surface area (Å²) < 4.78 is 40.0. The predicted octanol–water partition coefficient (Wildman–Crippen LogP) is 4.52. The van der Waals surface area contributed by atoms with Gasteiger partial charge in [0, 0.05) is 16.1 Å². The summed E-state index contributed by atoms with van der Waals surface area (Å²) in [6, 6.07) is 7.16. The first-order valence-electron chi connectivity index (χ1n) is 5.85. The van der Waals surface area contributed by atoms with Gasteiger partial charge in [-0.2, -0.15) is 0 Å². The van der Waals surface area contributed by atoms with E-state index in [9.17, 15) is 18.0 Å². The van der Waals surface area contributed by atoms with Gasteiger partial charge in [0.2, 0.25) is 5.91 Å². The van der Waals surface area contributed by atoms with Crippen molar-refractivity contribution in [2.75, 3.05) is 5.32 Å². The van der Waals surface area contributed by atoms with Crippen LogP contribution in [0.1, 0.15) is 5.56 Å². The van der Waals surface area contributed by atoms with E-state index in [2.05, 4.69) is 21.2 Å². The van der Waals surface area contributed by atoms with Crippen LogP contribution in [-0.4, -0.2) is 5.91 Å². The first kappa shape index (κ1) is 15.3. The number of amides is 1. The number of rotatable bonds is 3. The van der Waals surface area contributed by atoms with Gasteiger partial charge in [0.15, 0.2) is 0 Å². The molecule has 2 aromatic rings. The number of halogens is 4. The molecule has 108 valence electrons. The number of carbonyl (C=O) groups is 1. The van der Waals surface area contributed by atoms with E-state index in [4.69, 9.17) is 0 Å². The molecule has 0 unspecified atom stereocenters. The van der Waals surface area contributed by atoms with Crippen LogP contribution in [-0.2, 0) is 4.79 Å². The Hall–Kier alpha value is -2.08. The fourth-order valence-electron chi connectivity index (χ4n) is 1.59. The first-order valence-corrected chi connectivity index (χ1v) is 6.65. The largest absolute Gasteiger partial charge is 0.321 e. The van der Waals surface area contributed by atoms with E-state index in [-0.39, 0.29) is 5.56 Å². The first-order chi connectivity index (χ1) is 9.97. The van der Waals surface area contributed by atoms with Crippen LogP contribution in [0.5, 0.6) is 0 Å². The molecule has 0 aliphatic carbocycles. The fourth-order valence-corrected chi connectivity index (χ4v) is 2.04. The van der Waals surface area contributed by atoms with Crippen molar-refractivity contribution in [3.63, 3.8) is 0 Å². The van der Waals surface area contributed by atoms with Crippen LogP contribution in [0.2, 0.25) is 0 Å². The third-order valence-corrected chi connectivity index (χ3v) is 3.25. The topological polar surface area (TPSA) is 29.1 Å². The van der Waals surface area contributed by atoms with Gasteiger partial charge in [-0.25, -0.2) is 13.2 Å². The average Bonchev–Trinajstić information content (AvgIpc) is 2.41. The Morgan fingerprint density at radius 1 is 1.10 bits per heavy atom. The molecule has 0 aromatic heterocycles. The van der Waals surface area contributed by atoms with Crippen molar-refractivity contribution in [2.45, 2.75) is 0 Å². The lowest BCUT2D eigenvalue weighted by molar-refractivity contribution is -0.111. The molecule has 21 heavy (non-hydrogen) atoms. The Morgan fingerprint density at radius 2 is 1.76 bits per heavy atom. The van der Waals surface area contributed by atoms with Crippen LogP contribution >= 0.6 is 15.9 Å². The highest BCUT2D eigenvalue weighted by Crippen LogP contribution is 2.23. The fraction of sp³-hybridized carbons (Fsp3) is 0. The lowest BCUT2D eigenvalue weighted by atomic mass is 10.2. The van der Waals surface area contributed by atoms with Crippen LogP contribution in [0.25, 0.3) is 6.08 Å². The summed E-state index contributed by atoms with van der Waals surface area (Å²) in [5.41, 5.74) is 0.0471. The summed E-state index contributed by atoms with van der Waals surface area (Å²) in [7, 11) is 0. The van der Waals surface area contributed by atoms with E-state index in [1.54, 1.807) is 0 Å². The third kappa shape index (κ3) is 3.95. The number of hydrogen-bond acceptors (Lipinski definition) is 1. The molecule has 0 saturated heterocycles. The number of benzene rings is 2. The van der Waals surface area contributed by atoms with Crippen LogP contribution in [0.3, 0.4) is 0 Å². The second-order valence-corrected chi connectivity index (χ2v) is 4.94. The minimum atomic E-state index is -0.762. The maximum absolute atomic E-state index is 13.4. The van der Waals surface area contributed by atoms with Crippen molar-refractivity contribution in [3.8, 4) is 0 Å². The molecule has 6 heteroatoms. The van der Waals surface area contributed by atoms with E-state index >= 15 is 0 Å². The summed E-state index contributed by atoms with van der Waals surface area (Å²) in [5.74, 6) is -2.57. The number of hydrogen-bond donors (Lipinski definition) is 1. The van der Waals surface area contributed by atoms with Crippen molar-refractivity contribution < 1.29 is 18.0 Å². The van der Waals surface area contributed by atoms with Crippen LogP contribution in [0, 0.1) is 17.5 Å². The number of anilines is 1. The molecule has 0 heterocycles. The van der Waals surface area contributed by atoms with Gasteiger partial charge >= 0.3 is 0 Å². The lowest BCUT2D eigenvalue weighted by Gasteiger charge is -2.05. The van der Waals surface area contributed by atoms with Gasteiger partial charge in [-0.05, 0) is 52.3 Å². The Kier molecular flexibility index (Phi) is 4.80. The van der Waals surface area contributed by atoms with E-state index in [0.29, 0.717) is 10.2 Å². The molecule has 2 aromatic carbocycles. The third-order valence-electron chi connectivity index (χ3n) is 2.59. The standard InChI is InChI=1S/C15H9BrF3NO/c16-11-8-9(17)4-6-14(11)20-15(21)7-5-10-12(18)2-1-3-13(10)19/h1-8H,(H,20,21)/b7-5+. The predicted molar refractivity (Wildman–Crippen MR) is 78.1 cm³/mol. The number of nitrogens with one attached hydrogen (secondary N) is 1. The summed E-state index contributed by atoms with van der Waals surface area (Å²) in [4.78, 5) is 11.7. The number of carbonyl (C=O) groups excluding carboxylic acids is 1. The van der Waals surface area contributed by atoms with Crippen LogP contribution < -0.4 is 5.32 Å². The van der Waals surface area contributed by atoms with Crippen molar-refractivity contribution in [3.05, 3.63) is 70.0 Å². The van der Waals surface area contributed by atoms with Gasteiger partial charge in [0.05, 0.1) is 5.69 Å². The molecule has 0 spiro atoms. The van der Waals surface area contributed by atoms with Gasteiger partial charge in [-0.3, -0.25) is 4.79 Å². The van der Waals surface area contributed by atoms with Crippen LogP contribution in [0.4, 0.5) is 18.9 Å². The molecule has 0 aliphatic heterocycles. The zero-order valence-electron chi connectivity index (χ0n) is 10.5. The Labute approximate surface area is 127 Å². The molecular weight excluding hydrogens is 347 g/mol. The summed E-state index contributed by atoms with van der Waals surface area (Å²) in [6.45, 7) is 0. The molecule has 1 N–H and O–H groups in total. The van der Waals surface area contributed by atoms with Gasteiger partial charge in [-0.1, -0.05) is 6.07 Å². The van der Waals surface area contributed by atoms with Crippen molar-refractivity contribution >= 4 is 33.6 Å². The van der Waals surface area contributed by atoms with Gasteiger partial charge in [-0.15, -0.1) is 0 Å². The summed E-state index contributed by atoms with van der Waals surface area (Å²) in [6.07, 6.45) is 2.04. The highest BCUT2D eigenvalue weighted by Gasteiger charge is 2.07. The summed E-state index contributed by atoms with van der Waals surface area (Å²) in [5, 5.41) is 2.46. The monoisotopic (exact) mass is 355 g/mol. The Bertz CT molecular complexity index is 696. The van der Waals surface area contributed by atoms with Gasteiger partial charge in [0.25, 0.3) is 0 Å². The minimum Gasteiger partial charge on any atom is -0.321 e. The maximum Gasteiger partial charge on any atom is 0.248 e. The molecule has 0 atom stereocenters. The zero-order chi connectivity index (χ0) is 15.4. The molecule has 1 amide bonds. The van der Waals surface area contributed by atoms with Crippen molar-refractivity contribution in [1.29, 1.82) is 0 Å². The highest BCUT2D eigenvalue weighted by atomic mass is 79.9. The quantitative estimate of drug-likeness (QED) is 0.806. The van der Waals surface area contributed by atoms with E-state index in [1.807, 2.05) is 0 Å². The van der Waals surface area contributed by atoms with Crippen LogP contribution in [0.15, 0.2) is 46.9 Å². The van der Waals surface area contributed by atoms with Crippen molar-refractivity contribution in [1.82, 2.24) is 0 Å². The maximum atomic E-state index is 13.4. The Morgan fingerprint density at radius 3 is 2.38 bits per heavy atom. The van der Waals surface area contributed by atoms with E-state index in [1.165, 1.54) is 24.3 Å². The van der Waals surface area contributed by atoms with Crippen molar-refractivity contribution in [2.24, 2.45) is 0 Å². The second kappa shape index (κ2) is 6.58. The Balaban J connectivity index is 2.13. The van der Waals surface area contributed by atoms with Gasteiger partial charge in [0.1, 0.15) is 17.5 Å².